The van der Waals surface area contributed by atoms with Crippen molar-refractivity contribution < 1.29 is 27.6 Å². The van der Waals surface area contributed by atoms with Crippen molar-refractivity contribution in [1.29, 1.82) is 0 Å². The maximum Gasteiger partial charge on any atom is 0.573 e. The number of alkyl halides is 3. The van der Waals surface area contributed by atoms with Gasteiger partial charge in [0.2, 0.25) is 0 Å². The highest BCUT2D eigenvalue weighted by molar-refractivity contribution is 7.22. The van der Waals surface area contributed by atoms with Crippen LogP contribution >= 0.6 is 23.7 Å². The first kappa shape index (κ1) is 27.0. The van der Waals surface area contributed by atoms with Crippen LogP contribution in [0.3, 0.4) is 0 Å². The second kappa shape index (κ2) is 11.3. The molecule has 0 aliphatic heterocycles. The number of hydrogen-bond donors (Lipinski definition) is 0. The molecule has 0 spiro atoms. The summed E-state index contributed by atoms with van der Waals surface area (Å²) in [5.74, 6) is -0.754. The summed E-state index contributed by atoms with van der Waals surface area (Å²) < 4.78 is 41.9. The molecule has 182 valence electrons. The van der Waals surface area contributed by atoms with Crippen LogP contribution in [0.4, 0.5) is 24.0 Å². The number of non-ortho nitro benzene ring substituents is 1. The number of nitro benzene ring substituents is 1. The molecule has 0 atom stereocenters. The lowest BCUT2D eigenvalue weighted by Crippen LogP contribution is -2.35. The number of nitrogens with zero attached hydrogens (tertiary/aromatic N) is 4. The van der Waals surface area contributed by atoms with Gasteiger partial charge in [0, 0.05) is 37.4 Å². The predicted octanol–water partition coefficient (Wildman–Crippen LogP) is 5.13. The van der Waals surface area contributed by atoms with Crippen LogP contribution in [-0.2, 0) is 4.79 Å². The fraction of sp³-hybridized carbons (Fsp3) is 0.238. The molecular weight excluding hydrogens is 497 g/mol. The summed E-state index contributed by atoms with van der Waals surface area (Å²) in [6, 6.07) is 9.50. The van der Waals surface area contributed by atoms with E-state index in [0.717, 1.165) is 11.3 Å². The number of carbonyl (C=O) groups excluding carboxylic acids is 1. The first-order valence-electron chi connectivity index (χ1n) is 9.57. The molecule has 13 heteroatoms. The molecule has 1 amide bonds. The van der Waals surface area contributed by atoms with E-state index < -0.39 is 11.3 Å². The van der Waals surface area contributed by atoms with E-state index in [1.165, 1.54) is 59.5 Å². The SMILES string of the molecule is CN(C)CCN(C(=O)C=Cc1ccc([N+](=O)[O-])cc1)c1nc2ccc(OC(F)(F)F)cc2s1.Cl. The number of halogens is 4. The molecule has 0 radical (unpaired) electrons. The largest absolute Gasteiger partial charge is 0.573 e. The van der Waals surface area contributed by atoms with Crippen molar-refractivity contribution in [1.82, 2.24) is 9.88 Å². The molecule has 0 N–H and O–H groups in total. The van der Waals surface area contributed by atoms with Gasteiger partial charge in [0.25, 0.3) is 11.6 Å². The van der Waals surface area contributed by atoms with Crippen molar-refractivity contribution in [3.05, 3.63) is 64.2 Å². The van der Waals surface area contributed by atoms with Gasteiger partial charge in [0.1, 0.15) is 5.75 Å². The Morgan fingerprint density at radius 2 is 1.85 bits per heavy atom. The monoisotopic (exact) mass is 516 g/mol. The van der Waals surface area contributed by atoms with E-state index in [1.807, 2.05) is 19.0 Å². The van der Waals surface area contributed by atoms with Crippen LogP contribution in [-0.4, -0.2) is 54.3 Å². The second-order valence-electron chi connectivity index (χ2n) is 7.15. The van der Waals surface area contributed by atoms with E-state index in [1.54, 1.807) is 0 Å². The third-order valence-corrected chi connectivity index (χ3v) is 5.41. The number of ether oxygens (including phenoxy) is 1. The minimum atomic E-state index is -4.81. The van der Waals surface area contributed by atoms with Crippen LogP contribution in [0.2, 0.25) is 0 Å². The number of hydrogen-bond acceptors (Lipinski definition) is 7. The van der Waals surface area contributed by atoms with Gasteiger partial charge < -0.3 is 9.64 Å². The fourth-order valence-electron chi connectivity index (χ4n) is 2.77. The van der Waals surface area contributed by atoms with E-state index in [-0.39, 0.29) is 29.8 Å². The lowest BCUT2D eigenvalue weighted by atomic mass is 10.2. The first-order chi connectivity index (χ1) is 15.5. The van der Waals surface area contributed by atoms with Gasteiger partial charge >= 0.3 is 6.36 Å². The number of thiazole rings is 1. The molecule has 0 aliphatic rings. The van der Waals surface area contributed by atoms with Crippen LogP contribution in [0.1, 0.15) is 5.56 Å². The zero-order valence-electron chi connectivity index (χ0n) is 18.0. The molecule has 3 rings (SSSR count). The molecule has 0 aliphatic carbocycles. The highest BCUT2D eigenvalue weighted by Crippen LogP contribution is 2.33. The van der Waals surface area contributed by atoms with Crippen molar-refractivity contribution in [2.45, 2.75) is 6.36 Å². The van der Waals surface area contributed by atoms with E-state index in [0.29, 0.717) is 34.0 Å². The number of rotatable bonds is 8. The van der Waals surface area contributed by atoms with Crippen LogP contribution in [0, 0.1) is 10.1 Å². The summed E-state index contributed by atoms with van der Waals surface area (Å²) in [7, 11) is 3.68. The van der Waals surface area contributed by atoms with Gasteiger partial charge in [-0.15, -0.1) is 25.6 Å². The van der Waals surface area contributed by atoms with Gasteiger partial charge in [-0.2, -0.15) is 0 Å². The van der Waals surface area contributed by atoms with E-state index >= 15 is 0 Å². The molecule has 0 bridgehead atoms. The zero-order chi connectivity index (χ0) is 24.2. The highest BCUT2D eigenvalue weighted by Gasteiger charge is 2.31. The van der Waals surface area contributed by atoms with Crippen LogP contribution in [0.15, 0.2) is 48.5 Å². The molecule has 3 aromatic rings. The van der Waals surface area contributed by atoms with Gasteiger partial charge in [-0.3, -0.25) is 19.8 Å². The lowest BCUT2D eigenvalue weighted by Gasteiger charge is -2.20. The van der Waals surface area contributed by atoms with Crippen molar-refractivity contribution in [2.75, 3.05) is 32.1 Å². The van der Waals surface area contributed by atoms with Crippen molar-refractivity contribution in [3.8, 4) is 5.75 Å². The molecule has 1 heterocycles. The van der Waals surface area contributed by atoms with Crippen molar-refractivity contribution in [3.63, 3.8) is 0 Å². The van der Waals surface area contributed by atoms with E-state index in [2.05, 4.69) is 9.72 Å². The van der Waals surface area contributed by atoms with Crippen molar-refractivity contribution in [2.24, 2.45) is 0 Å². The predicted molar refractivity (Wildman–Crippen MR) is 127 cm³/mol. The number of aromatic nitrogens is 1. The lowest BCUT2D eigenvalue weighted by molar-refractivity contribution is -0.384. The number of fused-ring (bicyclic) bond motifs is 1. The number of carbonyl (C=O) groups is 1. The molecule has 1 aromatic heterocycles. The van der Waals surface area contributed by atoms with Crippen LogP contribution in [0.5, 0.6) is 5.75 Å². The molecule has 2 aromatic carbocycles. The number of benzene rings is 2. The average Bonchev–Trinajstić information content (AvgIpc) is 3.14. The summed E-state index contributed by atoms with van der Waals surface area (Å²) in [6.07, 6.45) is -1.96. The molecule has 0 saturated heterocycles. The van der Waals surface area contributed by atoms with E-state index in [9.17, 15) is 28.1 Å². The number of anilines is 1. The Balaban J connectivity index is 0.00000408. The standard InChI is InChI=1S/C21H19F3N4O4S.ClH/c1-26(2)11-12-27(19(29)10-5-14-3-6-15(7-4-14)28(30)31)20-25-17-9-8-16(13-18(17)33-20)32-21(22,23)24;/h3-10,13H,11-12H2,1-2H3;1H. The molecule has 0 unspecified atom stereocenters. The molecule has 8 nitrogen and oxygen atoms in total. The summed E-state index contributed by atoms with van der Waals surface area (Å²) in [5, 5.41) is 11.1. The Morgan fingerprint density at radius 3 is 2.44 bits per heavy atom. The maximum atomic E-state index is 12.9. The Hall–Kier alpha value is -3.22. The third kappa shape index (κ3) is 7.40. The Kier molecular flexibility index (Phi) is 8.96. The van der Waals surface area contributed by atoms with E-state index in [4.69, 9.17) is 0 Å². The van der Waals surface area contributed by atoms with Crippen LogP contribution < -0.4 is 9.64 Å². The number of amides is 1. The topological polar surface area (TPSA) is 88.8 Å². The van der Waals surface area contributed by atoms with Crippen molar-refractivity contribution >= 4 is 56.8 Å². The molecule has 0 fully saturated rings. The smallest absolute Gasteiger partial charge is 0.406 e. The number of nitro groups is 1. The highest BCUT2D eigenvalue weighted by atomic mass is 35.5. The number of likely N-dealkylation sites (N-methyl/N-ethyl adjacent to an activating group) is 1. The van der Waals surface area contributed by atoms with Gasteiger partial charge in [-0.1, -0.05) is 11.3 Å². The summed E-state index contributed by atoms with van der Waals surface area (Å²) >= 11 is 1.07. The Bertz CT molecular complexity index is 1180. The molecular formula is C21H20ClF3N4O4S. The third-order valence-electron chi connectivity index (χ3n) is 4.37. The van der Waals surface area contributed by atoms with Gasteiger partial charge in [-0.05, 0) is 50.0 Å². The van der Waals surface area contributed by atoms with Gasteiger partial charge in [-0.25, -0.2) is 4.98 Å². The fourth-order valence-corrected chi connectivity index (χ4v) is 3.80. The molecule has 34 heavy (non-hydrogen) atoms. The Labute approximate surface area is 202 Å². The second-order valence-corrected chi connectivity index (χ2v) is 8.16. The maximum absolute atomic E-state index is 12.9. The zero-order valence-corrected chi connectivity index (χ0v) is 19.6. The van der Waals surface area contributed by atoms with Gasteiger partial charge in [0.05, 0.1) is 15.1 Å². The minimum absolute atomic E-state index is 0. The normalized spacial score (nSPS) is 11.6. The van der Waals surface area contributed by atoms with Crippen LogP contribution in [0.25, 0.3) is 16.3 Å². The summed E-state index contributed by atoms with van der Waals surface area (Å²) in [5.41, 5.74) is 0.973. The molecule has 0 saturated carbocycles. The summed E-state index contributed by atoms with van der Waals surface area (Å²) in [6.45, 7) is 0.817. The van der Waals surface area contributed by atoms with Gasteiger partial charge in [0.15, 0.2) is 5.13 Å². The average molecular weight is 517 g/mol. The summed E-state index contributed by atoms with van der Waals surface area (Å²) in [4.78, 5) is 30.9. The Morgan fingerprint density at radius 1 is 1.18 bits per heavy atom. The minimum Gasteiger partial charge on any atom is -0.406 e. The first-order valence-corrected chi connectivity index (χ1v) is 10.4. The quantitative estimate of drug-likeness (QED) is 0.234.